The van der Waals surface area contributed by atoms with Crippen LogP contribution in [-0.4, -0.2) is 37.6 Å². The zero-order valence-electron chi connectivity index (χ0n) is 15.8. The Labute approximate surface area is 169 Å². The predicted octanol–water partition coefficient (Wildman–Crippen LogP) is 3.46. The SMILES string of the molecule is CC(=O)Nc1ccc(N(CC2CCCN2)C(=O)COc2cccc(Cl)c2)cc1. The summed E-state index contributed by atoms with van der Waals surface area (Å²) in [7, 11) is 0. The lowest BCUT2D eigenvalue weighted by molar-refractivity contribution is -0.120. The molecule has 2 aromatic rings. The molecular formula is C21H24ClN3O3. The fraction of sp³-hybridized carbons (Fsp3) is 0.333. The van der Waals surface area contributed by atoms with Gasteiger partial charge >= 0.3 is 0 Å². The Balaban J connectivity index is 1.71. The molecule has 6 nitrogen and oxygen atoms in total. The maximum Gasteiger partial charge on any atom is 0.264 e. The van der Waals surface area contributed by atoms with E-state index in [1.54, 1.807) is 41.3 Å². The molecule has 2 N–H and O–H groups in total. The van der Waals surface area contributed by atoms with E-state index >= 15 is 0 Å². The molecule has 3 rings (SSSR count). The fourth-order valence-electron chi connectivity index (χ4n) is 3.19. The molecule has 148 valence electrons. The van der Waals surface area contributed by atoms with E-state index in [1.807, 2.05) is 12.1 Å². The number of rotatable bonds is 7. The van der Waals surface area contributed by atoms with Gasteiger partial charge in [-0.25, -0.2) is 0 Å². The van der Waals surface area contributed by atoms with Crippen molar-refractivity contribution in [3.8, 4) is 5.75 Å². The molecule has 0 saturated carbocycles. The highest BCUT2D eigenvalue weighted by Crippen LogP contribution is 2.21. The zero-order valence-corrected chi connectivity index (χ0v) is 16.5. The highest BCUT2D eigenvalue weighted by molar-refractivity contribution is 6.30. The average molecular weight is 402 g/mol. The highest BCUT2D eigenvalue weighted by atomic mass is 35.5. The number of carbonyl (C=O) groups is 2. The largest absolute Gasteiger partial charge is 0.484 e. The number of benzene rings is 2. The third kappa shape index (κ3) is 5.71. The second kappa shape index (κ2) is 9.57. The van der Waals surface area contributed by atoms with Crippen LogP contribution in [0.25, 0.3) is 0 Å². The Morgan fingerprint density at radius 2 is 2.04 bits per heavy atom. The van der Waals surface area contributed by atoms with Crippen LogP contribution in [0.15, 0.2) is 48.5 Å². The smallest absolute Gasteiger partial charge is 0.264 e. The van der Waals surface area contributed by atoms with Gasteiger partial charge in [0.15, 0.2) is 6.61 Å². The van der Waals surface area contributed by atoms with Gasteiger partial charge in [-0.3, -0.25) is 9.59 Å². The lowest BCUT2D eigenvalue weighted by Crippen LogP contribution is -2.43. The first-order valence-corrected chi connectivity index (χ1v) is 9.69. The van der Waals surface area contributed by atoms with Gasteiger partial charge in [0.1, 0.15) is 5.75 Å². The van der Waals surface area contributed by atoms with Gasteiger partial charge in [-0.15, -0.1) is 0 Å². The first-order valence-electron chi connectivity index (χ1n) is 9.31. The molecule has 28 heavy (non-hydrogen) atoms. The van der Waals surface area contributed by atoms with Crippen LogP contribution in [0.1, 0.15) is 19.8 Å². The molecule has 1 aliphatic rings. The molecule has 0 spiro atoms. The molecule has 0 aliphatic carbocycles. The number of amides is 2. The van der Waals surface area contributed by atoms with Gasteiger partial charge in [0, 0.05) is 35.9 Å². The van der Waals surface area contributed by atoms with Crippen molar-refractivity contribution in [2.45, 2.75) is 25.8 Å². The third-order valence-corrected chi connectivity index (χ3v) is 4.76. The normalized spacial score (nSPS) is 15.9. The van der Waals surface area contributed by atoms with E-state index in [2.05, 4.69) is 10.6 Å². The van der Waals surface area contributed by atoms with Crippen LogP contribution in [0.4, 0.5) is 11.4 Å². The van der Waals surface area contributed by atoms with Crippen molar-refractivity contribution in [3.05, 3.63) is 53.6 Å². The van der Waals surface area contributed by atoms with Crippen LogP contribution in [0, 0.1) is 0 Å². The molecule has 1 atom stereocenters. The summed E-state index contributed by atoms with van der Waals surface area (Å²) >= 11 is 5.97. The summed E-state index contributed by atoms with van der Waals surface area (Å²) in [5, 5.41) is 6.72. The van der Waals surface area contributed by atoms with Crippen molar-refractivity contribution in [1.82, 2.24) is 5.32 Å². The van der Waals surface area contributed by atoms with E-state index in [9.17, 15) is 9.59 Å². The topological polar surface area (TPSA) is 70.7 Å². The minimum atomic E-state index is -0.138. The molecule has 7 heteroatoms. The Morgan fingerprint density at radius 1 is 1.25 bits per heavy atom. The van der Waals surface area contributed by atoms with Crippen molar-refractivity contribution in [2.24, 2.45) is 0 Å². The maximum atomic E-state index is 12.9. The molecule has 0 aromatic heterocycles. The van der Waals surface area contributed by atoms with Crippen LogP contribution in [-0.2, 0) is 9.59 Å². The summed E-state index contributed by atoms with van der Waals surface area (Å²) in [6, 6.07) is 14.5. The van der Waals surface area contributed by atoms with Crippen LogP contribution in [0.3, 0.4) is 0 Å². The number of nitrogens with one attached hydrogen (secondary N) is 2. The van der Waals surface area contributed by atoms with Gasteiger partial charge in [-0.1, -0.05) is 17.7 Å². The summed E-state index contributed by atoms with van der Waals surface area (Å²) in [6.45, 7) is 2.91. The van der Waals surface area contributed by atoms with E-state index in [-0.39, 0.29) is 24.5 Å². The molecule has 1 aliphatic heterocycles. The molecule has 2 amide bonds. The molecule has 1 unspecified atom stereocenters. The minimum absolute atomic E-state index is 0.0828. The lowest BCUT2D eigenvalue weighted by atomic mass is 10.2. The first kappa shape index (κ1) is 20.2. The van der Waals surface area contributed by atoms with Crippen LogP contribution in [0.2, 0.25) is 5.02 Å². The van der Waals surface area contributed by atoms with Gasteiger partial charge < -0.3 is 20.3 Å². The summed E-state index contributed by atoms with van der Waals surface area (Å²) in [6.07, 6.45) is 2.14. The second-order valence-corrected chi connectivity index (χ2v) is 7.21. The standard InChI is InChI=1S/C21H24ClN3O3/c1-15(26)24-17-7-9-19(10-8-17)25(13-18-5-3-11-23-18)21(27)14-28-20-6-2-4-16(22)12-20/h2,4,6-10,12,18,23H,3,5,11,13-14H2,1H3,(H,24,26). The number of hydrogen-bond donors (Lipinski definition) is 2. The zero-order chi connectivity index (χ0) is 19.9. The van der Waals surface area contributed by atoms with Gasteiger partial charge in [-0.05, 0) is 61.9 Å². The highest BCUT2D eigenvalue weighted by Gasteiger charge is 2.23. The molecule has 1 fully saturated rings. The van der Waals surface area contributed by atoms with Gasteiger partial charge in [-0.2, -0.15) is 0 Å². The quantitative estimate of drug-likeness (QED) is 0.745. The number of anilines is 2. The van der Waals surface area contributed by atoms with E-state index in [1.165, 1.54) is 6.92 Å². The summed E-state index contributed by atoms with van der Waals surface area (Å²) in [4.78, 5) is 25.9. The van der Waals surface area contributed by atoms with Crippen molar-refractivity contribution in [3.63, 3.8) is 0 Å². The second-order valence-electron chi connectivity index (χ2n) is 6.77. The number of hydrogen-bond acceptors (Lipinski definition) is 4. The molecule has 2 aromatic carbocycles. The van der Waals surface area contributed by atoms with Crippen molar-refractivity contribution in [1.29, 1.82) is 0 Å². The monoisotopic (exact) mass is 401 g/mol. The minimum Gasteiger partial charge on any atom is -0.484 e. The predicted molar refractivity (Wildman–Crippen MR) is 111 cm³/mol. The van der Waals surface area contributed by atoms with E-state index in [0.717, 1.165) is 25.1 Å². The van der Waals surface area contributed by atoms with Gasteiger partial charge in [0.05, 0.1) is 0 Å². The average Bonchev–Trinajstić information content (AvgIpc) is 3.18. The summed E-state index contributed by atoms with van der Waals surface area (Å²) in [5.41, 5.74) is 1.46. The van der Waals surface area contributed by atoms with Crippen molar-refractivity contribution in [2.75, 3.05) is 29.9 Å². The maximum absolute atomic E-state index is 12.9. The molecular weight excluding hydrogens is 378 g/mol. The van der Waals surface area contributed by atoms with Crippen molar-refractivity contribution >= 4 is 34.8 Å². The number of carbonyl (C=O) groups excluding carboxylic acids is 2. The summed E-state index contributed by atoms with van der Waals surface area (Å²) in [5.74, 6) is 0.285. The van der Waals surface area contributed by atoms with Crippen molar-refractivity contribution < 1.29 is 14.3 Å². The Hall–Kier alpha value is -2.57. The fourth-order valence-corrected chi connectivity index (χ4v) is 3.37. The van der Waals surface area contributed by atoms with Gasteiger partial charge in [0.2, 0.25) is 5.91 Å². The van der Waals surface area contributed by atoms with Crippen LogP contribution >= 0.6 is 11.6 Å². The number of nitrogens with zero attached hydrogens (tertiary/aromatic N) is 1. The molecule has 0 radical (unpaired) electrons. The Bertz CT molecular complexity index is 820. The third-order valence-electron chi connectivity index (χ3n) is 4.52. The van der Waals surface area contributed by atoms with Gasteiger partial charge in [0.25, 0.3) is 5.91 Å². The summed E-state index contributed by atoms with van der Waals surface area (Å²) < 4.78 is 5.64. The lowest BCUT2D eigenvalue weighted by Gasteiger charge is -2.26. The molecule has 1 heterocycles. The van der Waals surface area contributed by atoms with Crippen LogP contribution < -0.4 is 20.3 Å². The molecule has 1 saturated heterocycles. The van der Waals surface area contributed by atoms with E-state index in [0.29, 0.717) is 23.0 Å². The number of ether oxygens (including phenoxy) is 1. The van der Waals surface area contributed by atoms with E-state index in [4.69, 9.17) is 16.3 Å². The Kier molecular flexibility index (Phi) is 6.90. The number of halogens is 1. The van der Waals surface area contributed by atoms with E-state index < -0.39 is 0 Å². The first-order chi connectivity index (χ1) is 13.5. The van der Waals surface area contributed by atoms with Crippen LogP contribution in [0.5, 0.6) is 5.75 Å². The molecule has 0 bridgehead atoms. The Morgan fingerprint density at radius 3 is 2.68 bits per heavy atom.